The van der Waals surface area contributed by atoms with E-state index in [4.69, 9.17) is 9.31 Å². The third kappa shape index (κ3) is 5.75. The maximum absolute atomic E-state index is 5.45. The Morgan fingerprint density at radius 2 is 1.05 bits per heavy atom. The Kier molecular flexibility index (Phi) is 7.17. The van der Waals surface area contributed by atoms with Crippen molar-refractivity contribution in [3.05, 3.63) is 59.7 Å². The molecule has 0 aliphatic heterocycles. The summed E-state index contributed by atoms with van der Waals surface area (Å²) in [7, 11) is 1.36. The van der Waals surface area contributed by atoms with Gasteiger partial charge in [-0.05, 0) is 48.2 Å². The topological polar surface area (TPSA) is 18.5 Å². The van der Waals surface area contributed by atoms with Crippen LogP contribution in [0.25, 0.3) is 0 Å². The van der Waals surface area contributed by atoms with Crippen molar-refractivity contribution in [2.75, 3.05) is 10.7 Å². The highest BCUT2D eigenvalue weighted by atomic mass is 79.9. The summed E-state index contributed by atoms with van der Waals surface area (Å²) in [5.41, 5.74) is 2.56. The summed E-state index contributed by atoms with van der Waals surface area (Å²) in [6.07, 6.45) is 2.03. The van der Waals surface area contributed by atoms with Gasteiger partial charge in [-0.2, -0.15) is 0 Å². The Bertz CT molecular complexity index is 479. The molecular formula is C16H16BBr2O2. The molecule has 0 atom stereocenters. The van der Waals surface area contributed by atoms with Crippen molar-refractivity contribution < 1.29 is 9.31 Å². The molecule has 1 radical (unpaired) electrons. The van der Waals surface area contributed by atoms with Gasteiger partial charge in [-0.3, -0.25) is 0 Å². The Morgan fingerprint density at radius 3 is 1.38 bits per heavy atom. The number of hydrogen-bond donors (Lipinski definition) is 0. The molecule has 0 aromatic heterocycles. The van der Waals surface area contributed by atoms with E-state index in [0.717, 1.165) is 35.0 Å². The molecule has 0 saturated heterocycles. The fourth-order valence-electron chi connectivity index (χ4n) is 1.82. The molecule has 2 aromatic carbocycles. The minimum Gasteiger partial charge on any atom is -0.526 e. The molecule has 5 heteroatoms. The summed E-state index contributed by atoms with van der Waals surface area (Å²) in [5, 5.41) is 1.93. The predicted molar refractivity (Wildman–Crippen MR) is 94.9 cm³/mol. The Morgan fingerprint density at radius 1 is 0.667 bits per heavy atom. The van der Waals surface area contributed by atoms with Crippen molar-refractivity contribution in [1.82, 2.24) is 0 Å². The minimum absolute atomic E-state index is 0.768. The highest BCUT2D eigenvalue weighted by molar-refractivity contribution is 9.09. The van der Waals surface area contributed by atoms with E-state index >= 15 is 0 Å². The maximum atomic E-state index is 5.45. The lowest BCUT2D eigenvalue weighted by molar-refractivity contribution is 0.459. The van der Waals surface area contributed by atoms with Crippen LogP contribution in [0.4, 0.5) is 0 Å². The monoisotopic (exact) mass is 409 g/mol. The van der Waals surface area contributed by atoms with Gasteiger partial charge in [0.25, 0.3) is 0 Å². The molecule has 2 nitrogen and oxygen atoms in total. The number of benzene rings is 2. The lowest BCUT2D eigenvalue weighted by Gasteiger charge is -2.07. The van der Waals surface area contributed by atoms with Crippen LogP contribution in [0.1, 0.15) is 11.1 Å². The summed E-state index contributed by atoms with van der Waals surface area (Å²) < 4.78 is 10.9. The van der Waals surface area contributed by atoms with Crippen molar-refractivity contribution >= 4 is 39.5 Å². The average Bonchev–Trinajstić information content (AvgIpc) is 2.51. The normalized spacial score (nSPS) is 10.2. The van der Waals surface area contributed by atoms with Gasteiger partial charge in [0.15, 0.2) is 0 Å². The van der Waals surface area contributed by atoms with Gasteiger partial charge in [0, 0.05) is 10.7 Å². The second-order valence-corrected chi connectivity index (χ2v) is 6.08. The van der Waals surface area contributed by atoms with Gasteiger partial charge >= 0.3 is 7.69 Å². The van der Waals surface area contributed by atoms with Gasteiger partial charge in [-0.1, -0.05) is 56.1 Å². The first-order valence-corrected chi connectivity index (χ1v) is 9.01. The molecule has 0 fully saturated rings. The molecule has 0 heterocycles. The first-order chi connectivity index (χ1) is 10.3. The largest absolute Gasteiger partial charge is 0.658 e. The highest BCUT2D eigenvalue weighted by Gasteiger charge is 2.02. The Labute approximate surface area is 143 Å². The van der Waals surface area contributed by atoms with Crippen molar-refractivity contribution in [3.63, 3.8) is 0 Å². The van der Waals surface area contributed by atoms with Gasteiger partial charge in [-0.25, -0.2) is 0 Å². The Hall–Kier alpha value is -0.935. The van der Waals surface area contributed by atoms with Crippen molar-refractivity contribution in [2.24, 2.45) is 0 Å². The zero-order valence-electron chi connectivity index (χ0n) is 11.6. The van der Waals surface area contributed by atoms with E-state index in [2.05, 4.69) is 56.1 Å². The molecule has 0 aliphatic rings. The highest BCUT2D eigenvalue weighted by Crippen LogP contribution is 2.15. The van der Waals surface area contributed by atoms with Crippen LogP contribution >= 0.6 is 31.9 Å². The number of aryl methyl sites for hydroxylation is 2. The molecule has 2 aromatic rings. The van der Waals surface area contributed by atoms with E-state index in [1.54, 1.807) is 0 Å². The van der Waals surface area contributed by atoms with E-state index in [1.807, 2.05) is 24.3 Å². The van der Waals surface area contributed by atoms with Gasteiger partial charge in [0.1, 0.15) is 11.5 Å². The van der Waals surface area contributed by atoms with E-state index in [-0.39, 0.29) is 0 Å². The van der Waals surface area contributed by atoms with Crippen LogP contribution in [0.2, 0.25) is 0 Å². The van der Waals surface area contributed by atoms with Gasteiger partial charge < -0.3 is 9.31 Å². The molecule has 109 valence electrons. The molecule has 0 spiro atoms. The first-order valence-electron chi connectivity index (χ1n) is 6.76. The zero-order chi connectivity index (χ0) is 14.9. The minimum atomic E-state index is 0.768. The van der Waals surface area contributed by atoms with Gasteiger partial charge in [0.2, 0.25) is 0 Å². The van der Waals surface area contributed by atoms with Crippen LogP contribution in [-0.2, 0) is 12.8 Å². The Balaban J connectivity index is 1.78. The first kappa shape index (κ1) is 16.4. The fraction of sp³-hybridized carbons (Fsp3) is 0.250. The van der Waals surface area contributed by atoms with Crippen LogP contribution in [-0.4, -0.2) is 18.3 Å². The summed E-state index contributed by atoms with van der Waals surface area (Å²) >= 11 is 6.85. The summed E-state index contributed by atoms with van der Waals surface area (Å²) in [6.45, 7) is 0. The van der Waals surface area contributed by atoms with Gasteiger partial charge in [-0.15, -0.1) is 0 Å². The SMILES string of the molecule is BrCCc1ccc(O[B]Oc2ccc(CCBr)cc2)cc1. The van der Waals surface area contributed by atoms with E-state index in [1.165, 1.54) is 18.8 Å². The van der Waals surface area contributed by atoms with Crippen molar-refractivity contribution in [2.45, 2.75) is 12.8 Å². The smallest absolute Gasteiger partial charge is 0.526 e. The number of rotatable bonds is 8. The van der Waals surface area contributed by atoms with E-state index < -0.39 is 0 Å². The molecule has 0 amide bonds. The molecule has 0 N–H and O–H groups in total. The number of alkyl halides is 2. The second-order valence-electron chi connectivity index (χ2n) is 4.50. The van der Waals surface area contributed by atoms with Crippen LogP contribution in [0, 0.1) is 0 Å². The summed E-state index contributed by atoms with van der Waals surface area (Å²) in [5.74, 6) is 1.54. The second kappa shape index (κ2) is 9.16. The average molecular weight is 411 g/mol. The quantitative estimate of drug-likeness (QED) is 0.469. The number of hydrogen-bond acceptors (Lipinski definition) is 2. The third-order valence-corrected chi connectivity index (χ3v) is 3.77. The van der Waals surface area contributed by atoms with Crippen LogP contribution < -0.4 is 9.31 Å². The fourth-order valence-corrected chi connectivity index (χ4v) is 2.74. The molecule has 0 bridgehead atoms. The standard InChI is InChI=1S/C16H16BBr2O2/c18-11-9-13-1-5-15(6-2-13)20-17-21-16-7-3-14(4-8-16)10-12-19/h1-8H,9-12H2. The predicted octanol–water partition coefficient (Wildman–Crippen LogP) is 4.55. The van der Waals surface area contributed by atoms with Crippen LogP contribution in [0.5, 0.6) is 11.5 Å². The van der Waals surface area contributed by atoms with Crippen molar-refractivity contribution in [3.8, 4) is 11.5 Å². The van der Waals surface area contributed by atoms with E-state index in [0.29, 0.717) is 0 Å². The maximum Gasteiger partial charge on any atom is 0.658 e. The van der Waals surface area contributed by atoms with Crippen molar-refractivity contribution in [1.29, 1.82) is 0 Å². The molecule has 0 aliphatic carbocycles. The zero-order valence-corrected chi connectivity index (χ0v) is 14.8. The summed E-state index contributed by atoms with van der Waals surface area (Å²) in [4.78, 5) is 0. The molecule has 0 unspecified atom stereocenters. The molecule has 21 heavy (non-hydrogen) atoms. The van der Waals surface area contributed by atoms with Crippen LogP contribution in [0.3, 0.4) is 0 Å². The lowest BCUT2D eigenvalue weighted by Crippen LogP contribution is -2.10. The van der Waals surface area contributed by atoms with Crippen LogP contribution in [0.15, 0.2) is 48.5 Å². The summed E-state index contributed by atoms with van der Waals surface area (Å²) in [6, 6.07) is 16.0. The molecule has 2 rings (SSSR count). The van der Waals surface area contributed by atoms with E-state index in [9.17, 15) is 0 Å². The molecule has 0 saturated carbocycles. The number of halogens is 2. The van der Waals surface area contributed by atoms with Gasteiger partial charge in [0.05, 0.1) is 0 Å². The lowest BCUT2D eigenvalue weighted by atomic mass is 10.1. The molecular weight excluding hydrogens is 395 g/mol. The third-order valence-electron chi connectivity index (χ3n) is 2.98.